The van der Waals surface area contributed by atoms with Gasteiger partial charge in [-0.2, -0.15) is 5.10 Å². The van der Waals surface area contributed by atoms with E-state index in [1.54, 1.807) is 0 Å². The van der Waals surface area contributed by atoms with Crippen LogP contribution < -0.4 is 10.6 Å². The Kier molecular flexibility index (Phi) is 7.52. The topological polar surface area (TPSA) is 71.8 Å². The van der Waals surface area contributed by atoms with Gasteiger partial charge in [-0.3, -0.25) is 4.79 Å². The van der Waals surface area contributed by atoms with Crippen LogP contribution in [0.25, 0.3) is 11.0 Å². The van der Waals surface area contributed by atoms with E-state index >= 15 is 0 Å². The van der Waals surface area contributed by atoms with Crippen molar-refractivity contribution in [1.82, 2.24) is 20.1 Å². The maximum Gasteiger partial charge on any atom is 0.207 e. The molecule has 1 saturated carbocycles. The van der Waals surface area contributed by atoms with Gasteiger partial charge in [0.05, 0.1) is 11.6 Å². The molecule has 6 heteroatoms. The number of aryl methyl sites for hydroxylation is 1. The van der Waals surface area contributed by atoms with Crippen LogP contribution >= 0.6 is 0 Å². The van der Waals surface area contributed by atoms with E-state index in [1.807, 2.05) is 24.0 Å². The number of hydrogen-bond acceptors (Lipinski definition) is 4. The lowest BCUT2D eigenvalue weighted by atomic mass is 9.95. The summed E-state index contributed by atoms with van der Waals surface area (Å²) in [6.07, 6.45) is 12.2. The predicted octanol–water partition coefficient (Wildman–Crippen LogP) is 3.34. The van der Waals surface area contributed by atoms with Gasteiger partial charge in [-0.25, -0.2) is 9.67 Å². The second-order valence-corrected chi connectivity index (χ2v) is 6.11. The Labute approximate surface area is 144 Å². The van der Waals surface area contributed by atoms with E-state index in [0.29, 0.717) is 12.5 Å². The predicted molar refractivity (Wildman–Crippen MR) is 98.1 cm³/mol. The molecule has 1 amide bonds. The molecule has 0 bridgehead atoms. The number of rotatable bonds is 6. The number of amides is 1. The van der Waals surface area contributed by atoms with Crippen LogP contribution in [0.15, 0.2) is 18.5 Å². The SMILES string of the molecule is CCCNC=O.CCn1ncc2c(NC3CCCCC3)ccnc21. The van der Waals surface area contributed by atoms with Crippen LogP contribution in [-0.4, -0.2) is 33.8 Å². The number of nitrogens with one attached hydrogen (secondary N) is 2. The fourth-order valence-corrected chi connectivity index (χ4v) is 3.00. The third-order valence-electron chi connectivity index (χ3n) is 4.28. The third-order valence-corrected chi connectivity index (χ3v) is 4.28. The molecule has 0 aromatic carbocycles. The summed E-state index contributed by atoms with van der Waals surface area (Å²) in [5, 5.41) is 11.7. The van der Waals surface area contributed by atoms with Gasteiger partial charge in [-0.1, -0.05) is 26.2 Å². The van der Waals surface area contributed by atoms with E-state index in [4.69, 9.17) is 0 Å². The second kappa shape index (κ2) is 9.90. The molecule has 3 rings (SSSR count). The molecule has 0 aliphatic heterocycles. The minimum absolute atomic E-state index is 0.620. The molecule has 0 atom stereocenters. The molecule has 6 nitrogen and oxygen atoms in total. The molecule has 2 heterocycles. The maximum absolute atomic E-state index is 9.45. The highest BCUT2D eigenvalue weighted by Gasteiger charge is 2.15. The molecule has 2 N–H and O–H groups in total. The number of carbonyl (C=O) groups excluding carboxylic acids is 1. The second-order valence-electron chi connectivity index (χ2n) is 6.11. The molecule has 0 saturated heterocycles. The summed E-state index contributed by atoms with van der Waals surface area (Å²) < 4.78 is 1.95. The van der Waals surface area contributed by atoms with Crippen molar-refractivity contribution in [3.8, 4) is 0 Å². The molecule has 24 heavy (non-hydrogen) atoms. The number of aromatic nitrogens is 3. The summed E-state index contributed by atoms with van der Waals surface area (Å²) in [6, 6.07) is 2.69. The summed E-state index contributed by atoms with van der Waals surface area (Å²) in [4.78, 5) is 13.9. The zero-order chi connectivity index (χ0) is 17.2. The Hall–Kier alpha value is -2.11. The Balaban J connectivity index is 0.000000301. The van der Waals surface area contributed by atoms with E-state index in [0.717, 1.165) is 30.5 Å². The van der Waals surface area contributed by atoms with Gasteiger partial charge in [-0.05, 0) is 32.3 Å². The molecule has 0 spiro atoms. The maximum atomic E-state index is 9.45. The standard InChI is InChI=1S/C14H20N4.C4H9NO/c1-2-18-14-12(10-16-18)13(8-9-15-14)17-11-6-4-3-5-7-11;1-2-3-5-4-6/h8-11H,2-7H2,1H3,(H,15,17);4H,2-3H2,1H3,(H,5,6). The Morgan fingerprint density at radius 2 is 2.08 bits per heavy atom. The minimum Gasteiger partial charge on any atom is -0.382 e. The number of fused-ring (bicyclic) bond motifs is 1. The Morgan fingerprint density at radius 3 is 2.71 bits per heavy atom. The lowest BCUT2D eigenvalue weighted by molar-refractivity contribution is -0.109. The average molecular weight is 331 g/mol. The highest BCUT2D eigenvalue weighted by molar-refractivity contribution is 5.88. The monoisotopic (exact) mass is 331 g/mol. The zero-order valence-electron chi connectivity index (χ0n) is 14.8. The van der Waals surface area contributed by atoms with Crippen LogP contribution in [0.1, 0.15) is 52.4 Å². The molecule has 1 aliphatic carbocycles. The van der Waals surface area contributed by atoms with Gasteiger partial charge in [0, 0.05) is 31.0 Å². The van der Waals surface area contributed by atoms with Gasteiger partial charge in [-0.15, -0.1) is 0 Å². The molecule has 1 fully saturated rings. The van der Waals surface area contributed by atoms with Gasteiger partial charge >= 0.3 is 0 Å². The molecular formula is C18H29N5O. The number of anilines is 1. The first-order valence-electron chi connectivity index (χ1n) is 9.04. The molecule has 0 unspecified atom stereocenters. The van der Waals surface area contributed by atoms with E-state index in [9.17, 15) is 4.79 Å². The van der Waals surface area contributed by atoms with Crippen molar-refractivity contribution in [2.45, 2.75) is 65.0 Å². The Morgan fingerprint density at radius 1 is 1.29 bits per heavy atom. The molecule has 0 radical (unpaired) electrons. The smallest absolute Gasteiger partial charge is 0.207 e. The fourth-order valence-electron chi connectivity index (χ4n) is 3.00. The molecule has 2 aromatic heterocycles. The average Bonchev–Trinajstić information content (AvgIpc) is 3.06. The van der Waals surface area contributed by atoms with E-state index < -0.39 is 0 Å². The lowest BCUT2D eigenvalue weighted by Crippen LogP contribution is -2.22. The summed E-state index contributed by atoms with van der Waals surface area (Å²) in [7, 11) is 0. The summed E-state index contributed by atoms with van der Waals surface area (Å²) in [5.41, 5.74) is 2.17. The third kappa shape index (κ3) is 4.94. The van der Waals surface area contributed by atoms with E-state index in [1.165, 1.54) is 37.8 Å². The van der Waals surface area contributed by atoms with Crippen molar-refractivity contribution < 1.29 is 4.79 Å². The Bertz CT molecular complexity index is 619. The normalized spacial score (nSPS) is 14.8. The molecule has 132 valence electrons. The largest absolute Gasteiger partial charge is 0.382 e. The number of hydrogen-bond donors (Lipinski definition) is 2. The van der Waals surface area contributed by atoms with Crippen LogP contribution in [0.3, 0.4) is 0 Å². The molecule has 1 aliphatic rings. The summed E-state index contributed by atoms with van der Waals surface area (Å²) in [5.74, 6) is 0. The van der Waals surface area contributed by atoms with E-state index in [2.05, 4.69) is 33.7 Å². The van der Waals surface area contributed by atoms with Crippen LogP contribution in [0.5, 0.6) is 0 Å². The summed E-state index contributed by atoms with van der Waals surface area (Å²) >= 11 is 0. The van der Waals surface area contributed by atoms with Gasteiger partial charge in [0.25, 0.3) is 0 Å². The van der Waals surface area contributed by atoms with Crippen molar-refractivity contribution in [1.29, 1.82) is 0 Å². The first kappa shape index (κ1) is 18.2. The van der Waals surface area contributed by atoms with Gasteiger partial charge in [0.2, 0.25) is 6.41 Å². The van der Waals surface area contributed by atoms with E-state index in [-0.39, 0.29) is 0 Å². The van der Waals surface area contributed by atoms with Gasteiger partial charge in [0.15, 0.2) is 5.65 Å². The zero-order valence-corrected chi connectivity index (χ0v) is 14.8. The molecular weight excluding hydrogens is 302 g/mol. The van der Waals surface area contributed by atoms with Crippen molar-refractivity contribution in [2.24, 2.45) is 0 Å². The van der Waals surface area contributed by atoms with Gasteiger partial charge < -0.3 is 10.6 Å². The van der Waals surface area contributed by atoms with Crippen molar-refractivity contribution in [2.75, 3.05) is 11.9 Å². The van der Waals surface area contributed by atoms with Crippen LogP contribution in [0.4, 0.5) is 5.69 Å². The highest BCUT2D eigenvalue weighted by Crippen LogP contribution is 2.26. The highest BCUT2D eigenvalue weighted by atomic mass is 16.1. The van der Waals surface area contributed by atoms with Gasteiger partial charge in [0.1, 0.15) is 0 Å². The van der Waals surface area contributed by atoms with Crippen molar-refractivity contribution in [3.05, 3.63) is 18.5 Å². The van der Waals surface area contributed by atoms with Crippen molar-refractivity contribution in [3.63, 3.8) is 0 Å². The first-order chi connectivity index (χ1) is 11.8. The minimum atomic E-state index is 0.620. The number of nitrogens with zero attached hydrogens (tertiary/aromatic N) is 3. The first-order valence-corrected chi connectivity index (χ1v) is 9.04. The number of pyridine rings is 1. The molecule has 2 aromatic rings. The fraction of sp³-hybridized carbons (Fsp3) is 0.611. The number of carbonyl (C=O) groups is 1. The van der Waals surface area contributed by atoms with Crippen LogP contribution in [0, 0.1) is 0 Å². The summed E-state index contributed by atoms with van der Waals surface area (Å²) in [6.45, 7) is 5.76. The van der Waals surface area contributed by atoms with Crippen molar-refractivity contribution >= 4 is 23.1 Å². The van der Waals surface area contributed by atoms with Crippen LogP contribution in [0.2, 0.25) is 0 Å². The van der Waals surface area contributed by atoms with Crippen LogP contribution in [-0.2, 0) is 11.3 Å². The lowest BCUT2D eigenvalue weighted by Gasteiger charge is -2.24. The quantitative estimate of drug-likeness (QED) is 0.629.